The van der Waals surface area contributed by atoms with E-state index in [2.05, 4.69) is 0 Å². The molecule has 1 saturated heterocycles. The molecule has 3 aromatic rings. The van der Waals surface area contributed by atoms with Crippen LogP contribution in [-0.4, -0.2) is 53.8 Å². The summed E-state index contributed by atoms with van der Waals surface area (Å²) in [6, 6.07) is 29.3. The van der Waals surface area contributed by atoms with Crippen LogP contribution in [0.1, 0.15) is 42.4 Å². The van der Waals surface area contributed by atoms with E-state index < -0.39 is 12.1 Å². The summed E-state index contributed by atoms with van der Waals surface area (Å²) in [4.78, 5) is 35.8. The number of hydrogen-bond acceptors (Lipinski definition) is 6. The van der Waals surface area contributed by atoms with Crippen molar-refractivity contribution in [3.8, 4) is 0 Å². The van der Waals surface area contributed by atoms with Crippen molar-refractivity contribution in [2.45, 2.75) is 51.4 Å². The van der Waals surface area contributed by atoms with E-state index in [1.807, 2.05) is 91.0 Å². The summed E-state index contributed by atoms with van der Waals surface area (Å²) in [5.41, 5.74) is 3.30. The molecular formula is C32H37NO7. The van der Waals surface area contributed by atoms with E-state index in [-0.39, 0.29) is 31.4 Å². The minimum absolute atomic E-state index is 0.175. The number of cyclic esters (lactones) is 1. The standard InChI is InChI=1S/C21H23NO4.C11H14O3/c23-20(12-7-13-25-15-18-10-5-2-6-11-18)22-19(16-26-21(22)24)14-17-8-3-1-4-9-17;12-11(13)7-4-8-14-9-10-5-2-1-3-6-10/h1-6,8-11,19H,7,12-16H2;1-3,5-6H,4,7-9H2,(H,12,13)/t19-;/m0./s1. The number of aliphatic carboxylic acids is 1. The molecule has 8 heteroatoms. The molecule has 0 spiro atoms. The second-order valence-corrected chi connectivity index (χ2v) is 9.36. The monoisotopic (exact) mass is 547 g/mol. The van der Waals surface area contributed by atoms with Crippen LogP contribution < -0.4 is 0 Å². The van der Waals surface area contributed by atoms with Gasteiger partial charge in [-0.1, -0.05) is 91.0 Å². The van der Waals surface area contributed by atoms with Gasteiger partial charge in [0.25, 0.3) is 0 Å². The van der Waals surface area contributed by atoms with Crippen molar-refractivity contribution in [1.82, 2.24) is 4.90 Å². The minimum atomic E-state index is -0.770. The van der Waals surface area contributed by atoms with Crippen LogP contribution in [0.3, 0.4) is 0 Å². The van der Waals surface area contributed by atoms with E-state index in [1.165, 1.54) is 4.90 Å². The molecule has 1 fully saturated rings. The van der Waals surface area contributed by atoms with Crippen molar-refractivity contribution in [2.24, 2.45) is 0 Å². The largest absolute Gasteiger partial charge is 0.481 e. The van der Waals surface area contributed by atoms with Crippen LogP contribution in [0.2, 0.25) is 0 Å². The first-order valence-electron chi connectivity index (χ1n) is 13.5. The van der Waals surface area contributed by atoms with Crippen LogP contribution in [0.15, 0.2) is 91.0 Å². The quantitative estimate of drug-likeness (QED) is 0.261. The van der Waals surface area contributed by atoms with Crippen LogP contribution in [0.25, 0.3) is 0 Å². The number of amides is 2. The molecule has 40 heavy (non-hydrogen) atoms. The van der Waals surface area contributed by atoms with Gasteiger partial charge < -0.3 is 19.3 Å². The zero-order valence-corrected chi connectivity index (χ0v) is 22.7. The lowest BCUT2D eigenvalue weighted by molar-refractivity contribution is -0.137. The molecule has 0 radical (unpaired) electrons. The molecule has 3 aromatic carbocycles. The summed E-state index contributed by atoms with van der Waals surface area (Å²) < 4.78 is 16.0. The summed E-state index contributed by atoms with van der Waals surface area (Å²) in [5.74, 6) is -0.968. The number of benzene rings is 3. The van der Waals surface area contributed by atoms with E-state index in [9.17, 15) is 14.4 Å². The highest BCUT2D eigenvalue weighted by atomic mass is 16.6. The second-order valence-electron chi connectivity index (χ2n) is 9.36. The lowest BCUT2D eigenvalue weighted by Gasteiger charge is -2.19. The van der Waals surface area contributed by atoms with Crippen LogP contribution >= 0.6 is 0 Å². The molecule has 0 unspecified atom stereocenters. The Hall–Kier alpha value is -4.01. The van der Waals surface area contributed by atoms with Gasteiger partial charge in [-0.05, 0) is 36.0 Å². The number of carbonyl (C=O) groups is 3. The van der Waals surface area contributed by atoms with Gasteiger partial charge in [0, 0.05) is 26.1 Å². The Bertz CT molecular complexity index is 1160. The average molecular weight is 548 g/mol. The van der Waals surface area contributed by atoms with Crippen LogP contribution in [-0.2, 0) is 43.4 Å². The van der Waals surface area contributed by atoms with Gasteiger partial charge in [0.2, 0.25) is 5.91 Å². The van der Waals surface area contributed by atoms with Gasteiger partial charge in [0.1, 0.15) is 6.61 Å². The summed E-state index contributed by atoms with van der Waals surface area (Å²) >= 11 is 0. The van der Waals surface area contributed by atoms with Gasteiger partial charge in [0.15, 0.2) is 0 Å². The van der Waals surface area contributed by atoms with Crippen LogP contribution in [0.4, 0.5) is 4.79 Å². The van der Waals surface area contributed by atoms with Crippen molar-refractivity contribution >= 4 is 18.0 Å². The van der Waals surface area contributed by atoms with Gasteiger partial charge in [-0.3, -0.25) is 9.59 Å². The Balaban J connectivity index is 0.000000267. The fourth-order valence-corrected chi connectivity index (χ4v) is 4.10. The number of ether oxygens (including phenoxy) is 3. The molecule has 0 bridgehead atoms. The molecule has 212 valence electrons. The van der Waals surface area contributed by atoms with Crippen LogP contribution in [0, 0.1) is 0 Å². The third-order valence-electron chi connectivity index (χ3n) is 6.13. The van der Waals surface area contributed by atoms with Crippen molar-refractivity contribution in [1.29, 1.82) is 0 Å². The maximum absolute atomic E-state index is 12.5. The molecule has 0 aromatic heterocycles. The number of hydrogen-bond donors (Lipinski definition) is 1. The van der Waals surface area contributed by atoms with Crippen molar-refractivity contribution in [2.75, 3.05) is 19.8 Å². The Morgan fingerprint density at radius 1 is 0.750 bits per heavy atom. The average Bonchev–Trinajstić information content (AvgIpc) is 3.34. The topological polar surface area (TPSA) is 102 Å². The summed E-state index contributed by atoms with van der Waals surface area (Å²) in [6.07, 6.45) is 1.67. The van der Waals surface area contributed by atoms with E-state index in [0.717, 1.165) is 16.7 Å². The zero-order valence-electron chi connectivity index (χ0n) is 22.7. The highest BCUT2D eigenvalue weighted by molar-refractivity contribution is 5.93. The third kappa shape index (κ3) is 11.4. The lowest BCUT2D eigenvalue weighted by Crippen LogP contribution is -2.40. The molecule has 8 nitrogen and oxygen atoms in total. The van der Waals surface area contributed by atoms with Gasteiger partial charge >= 0.3 is 12.1 Å². The molecule has 1 heterocycles. The number of imide groups is 1. The molecule has 1 aliphatic heterocycles. The maximum Gasteiger partial charge on any atom is 0.416 e. The molecule has 1 N–H and O–H groups in total. The van der Waals surface area contributed by atoms with Crippen LogP contribution in [0.5, 0.6) is 0 Å². The minimum Gasteiger partial charge on any atom is -0.481 e. The molecule has 1 aliphatic rings. The third-order valence-corrected chi connectivity index (χ3v) is 6.13. The molecular weight excluding hydrogens is 510 g/mol. The SMILES string of the molecule is O=C(CCCOCc1ccccc1)N1C(=O)OC[C@@H]1Cc1ccccc1.O=C(O)CCCOCc1ccccc1. The zero-order chi connectivity index (χ0) is 28.4. The number of carbonyl (C=O) groups excluding carboxylic acids is 2. The number of carboxylic acids is 1. The number of rotatable bonds is 14. The molecule has 1 atom stereocenters. The Kier molecular flexibility index (Phi) is 13.4. The highest BCUT2D eigenvalue weighted by Gasteiger charge is 2.37. The smallest absolute Gasteiger partial charge is 0.416 e. The predicted molar refractivity (Wildman–Crippen MR) is 150 cm³/mol. The molecule has 2 amide bonds. The van der Waals surface area contributed by atoms with Gasteiger partial charge in [-0.25, -0.2) is 9.69 Å². The maximum atomic E-state index is 12.5. The van der Waals surface area contributed by atoms with Gasteiger partial charge in [0.05, 0.1) is 19.3 Å². The lowest BCUT2D eigenvalue weighted by atomic mass is 10.1. The van der Waals surface area contributed by atoms with Gasteiger partial charge in [-0.15, -0.1) is 0 Å². The number of nitrogens with zero attached hydrogens (tertiary/aromatic N) is 1. The van der Waals surface area contributed by atoms with Gasteiger partial charge in [-0.2, -0.15) is 0 Å². The molecule has 4 rings (SSSR count). The van der Waals surface area contributed by atoms with Crippen molar-refractivity contribution in [3.63, 3.8) is 0 Å². The summed E-state index contributed by atoms with van der Waals surface area (Å²) in [6.45, 7) is 2.32. The summed E-state index contributed by atoms with van der Waals surface area (Å²) in [7, 11) is 0. The predicted octanol–water partition coefficient (Wildman–Crippen LogP) is 5.64. The van der Waals surface area contributed by atoms with E-state index in [4.69, 9.17) is 19.3 Å². The molecule has 0 saturated carbocycles. The van der Waals surface area contributed by atoms with E-state index in [1.54, 1.807) is 0 Å². The fraction of sp³-hybridized carbons (Fsp3) is 0.344. The summed E-state index contributed by atoms with van der Waals surface area (Å²) in [5, 5.41) is 8.37. The first kappa shape index (κ1) is 30.5. The highest BCUT2D eigenvalue weighted by Crippen LogP contribution is 2.19. The molecule has 0 aliphatic carbocycles. The van der Waals surface area contributed by atoms with Crippen molar-refractivity contribution in [3.05, 3.63) is 108 Å². The Morgan fingerprint density at radius 2 is 1.23 bits per heavy atom. The first-order chi connectivity index (χ1) is 19.5. The normalized spacial score (nSPS) is 14.2. The Morgan fingerprint density at radius 3 is 1.73 bits per heavy atom. The van der Waals surface area contributed by atoms with Crippen molar-refractivity contribution < 1.29 is 33.7 Å². The fourth-order valence-electron chi connectivity index (χ4n) is 4.10. The first-order valence-corrected chi connectivity index (χ1v) is 13.5. The van der Waals surface area contributed by atoms with E-state index in [0.29, 0.717) is 45.7 Å². The second kappa shape index (κ2) is 17.6. The Labute approximate surface area is 235 Å². The van der Waals surface area contributed by atoms with E-state index >= 15 is 0 Å². The number of carboxylic acid groups (broad SMARTS) is 1.